The van der Waals surface area contributed by atoms with E-state index in [1.54, 1.807) is 0 Å². The average molecular weight is 472 g/mol. The Hall–Kier alpha value is -2.99. The molecule has 35 heavy (non-hydrogen) atoms. The summed E-state index contributed by atoms with van der Waals surface area (Å²) in [5, 5.41) is 0. The first-order valence-corrected chi connectivity index (χ1v) is 12.3. The summed E-state index contributed by atoms with van der Waals surface area (Å²) in [6, 6.07) is 31.9. The molecule has 0 saturated carbocycles. The van der Waals surface area contributed by atoms with Crippen LogP contribution in [0.1, 0.15) is 49.5 Å². The highest BCUT2D eigenvalue weighted by Crippen LogP contribution is 2.46. The van der Waals surface area contributed by atoms with Crippen molar-refractivity contribution >= 4 is 5.97 Å². The Morgan fingerprint density at radius 3 is 1.63 bits per heavy atom. The molecule has 0 unspecified atom stereocenters. The van der Waals surface area contributed by atoms with Gasteiger partial charge in [-0.05, 0) is 51.6 Å². The maximum atomic E-state index is 13.0. The van der Waals surface area contributed by atoms with Gasteiger partial charge in [-0.25, -0.2) is 0 Å². The van der Waals surface area contributed by atoms with Crippen LogP contribution in [0.5, 0.6) is 0 Å². The molecule has 2 atom stereocenters. The summed E-state index contributed by atoms with van der Waals surface area (Å²) in [5.41, 5.74) is 3.16. The SMILES string of the molecule is CN1C(N(CC(=O)OC(C)(C)C)Cc2ccccc2)N(C)[C@H](c2ccccc2)[C@H]1c1ccccc1. The maximum Gasteiger partial charge on any atom is 0.320 e. The fourth-order valence-electron chi connectivity index (χ4n) is 5.25. The summed E-state index contributed by atoms with van der Waals surface area (Å²) >= 11 is 0. The molecule has 0 amide bonds. The van der Waals surface area contributed by atoms with Gasteiger partial charge in [-0.2, -0.15) is 0 Å². The lowest BCUT2D eigenvalue weighted by Gasteiger charge is -2.37. The smallest absolute Gasteiger partial charge is 0.320 e. The molecule has 3 aromatic carbocycles. The summed E-state index contributed by atoms with van der Waals surface area (Å²) in [4.78, 5) is 20.0. The first-order valence-electron chi connectivity index (χ1n) is 12.3. The topological polar surface area (TPSA) is 36.0 Å². The molecule has 1 aliphatic heterocycles. The van der Waals surface area contributed by atoms with Crippen molar-refractivity contribution in [3.8, 4) is 0 Å². The van der Waals surface area contributed by atoms with Crippen LogP contribution < -0.4 is 0 Å². The van der Waals surface area contributed by atoms with Crippen LogP contribution in [-0.4, -0.2) is 53.2 Å². The number of likely N-dealkylation sites (N-methyl/N-ethyl adjacent to an activating group) is 2. The third kappa shape index (κ3) is 5.99. The molecular weight excluding hydrogens is 434 g/mol. The molecule has 1 heterocycles. The lowest BCUT2D eigenvalue weighted by molar-refractivity contribution is -0.159. The van der Waals surface area contributed by atoms with Crippen molar-refractivity contribution < 1.29 is 9.53 Å². The highest BCUT2D eigenvalue weighted by atomic mass is 16.6. The first kappa shape index (κ1) is 25.1. The second-order valence-electron chi connectivity index (χ2n) is 10.4. The predicted octanol–water partition coefficient (Wildman–Crippen LogP) is 5.47. The number of ether oxygens (including phenoxy) is 1. The molecule has 5 nitrogen and oxygen atoms in total. The number of carbonyl (C=O) groups excluding carboxylic acids is 1. The lowest BCUT2D eigenvalue weighted by Crippen LogP contribution is -2.52. The zero-order valence-electron chi connectivity index (χ0n) is 21.5. The van der Waals surface area contributed by atoms with Crippen molar-refractivity contribution in [1.82, 2.24) is 14.7 Å². The number of carbonyl (C=O) groups is 1. The van der Waals surface area contributed by atoms with E-state index >= 15 is 0 Å². The molecular formula is C30H37N3O2. The molecule has 3 aromatic rings. The number of benzene rings is 3. The first-order chi connectivity index (χ1) is 16.7. The molecule has 0 spiro atoms. The molecule has 184 valence electrons. The van der Waals surface area contributed by atoms with E-state index in [0.717, 1.165) is 5.56 Å². The number of nitrogens with zero attached hydrogens (tertiary/aromatic N) is 3. The molecule has 1 fully saturated rings. The van der Waals surface area contributed by atoms with Crippen LogP contribution in [-0.2, 0) is 16.1 Å². The van der Waals surface area contributed by atoms with Gasteiger partial charge in [0.25, 0.3) is 0 Å². The van der Waals surface area contributed by atoms with Crippen LogP contribution in [0.25, 0.3) is 0 Å². The molecule has 0 bridgehead atoms. The molecule has 1 saturated heterocycles. The van der Waals surface area contributed by atoms with E-state index in [0.29, 0.717) is 6.54 Å². The van der Waals surface area contributed by atoms with Crippen LogP contribution in [0, 0.1) is 0 Å². The highest BCUT2D eigenvalue weighted by Gasteiger charge is 2.47. The summed E-state index contributed by atoms with van der Waals surface area (Å²) in [5.74, 6) is -0.213. The van der Waals surface area contributed by atoms with Crippen molar-refractivity contribution in [2.75, 3.05) is 20.6 Å². The largest absolute Gasteiger partial charge is 0.459 e. The summed E-state index contributed by atoms with van der Waals surface area (Å²) in [7, 11) is 4.32. The van der Waals surface area contributed by atoms with Gasteiger partial charge in [0, 0.05) is 6.54 Å². The standard InChI is InChI=1S/C30H37N3O2/c1-30(2,3)35-26(34)22-33(21-23-15-9-6-10-16-23)29-31(4)27(24-17-11-7-12-18-24)28(32(29)5)25-19-13-8-14-20-25/h6-20,27-29H,21-22H2,1-5H3/t27-,28-/m1/s1. The van der Waals surface area contributed by atoms with Gasteiger partial charge in [0.15, 0.2) is 0 Å². The molecule has 0 radical (unpaired) electrons. The zero-order valence-corrected chi connectivity index (χ0v) is 21.5. The third-order valence-corrected chi connectivity index (χ3v) is 6.49. The van der Waals surface area contributed by atoms with Crippen molar-refractivity contribution in [1.29, 1.82) is 0 Å². The van der Waals surface area contributed by atoms with Crippen LogP contribution in [0.2, 0.25) is 0 Å². The monoisotopic (exact) mass is 471 g/mol. The second kappa shape index (κ2) is 10.7. The van der Waals surface area contributed by atoms with Crippen molar-refractivity contribution in [2.24, 2.45) is 0 Å². The Morgan fingerprint density at radius 2 is 1.20 bits per heavy atom. The third-order valence-electron chi connectivity index (χ3n) is 6.49. The normalized spacial score (nSPS) is 19.8. The Bertz CT molecular complexity index is 1030. The van der Waals surface area contributed by atoms with E-state index < -0.39 is 5.60 Å². The van der Waals surface area contributed by atoms with Gasteiger partial charge in [-0.1, -0.05) is 91.0 Å². The zero-order chi connectivity index (χ0) is 25.0. The Balaban J connectivity index is 1.72. The highest BCUT2D eigenvalue weighted by molar-refractivity contribution is 5.72. The van der Waals surface area contributed by atoms with Gasteiger partial charge < -0.3 is 4.74 Å². The number of hydrogen-bond donors (Lipinski definition) is 0. The summed E-state index contributed by atoms with van der Waals surface area (Å²) < 4.78 is 5.74. The van der Waals surface area contributed by atoms with Crippen molar-refractivity contribution in [3.05, 3.63) is 108 Å². The maximum absolute atomic E-state index is 13.0. The molecule has 4 rings (SSSR count). The van der Waals surface area contributed by atoms with Gasteiger partial charge >= 0.3 is 5.97 Å². The van der Waals surface area contributed by atoms with Gasteiger partial charge in [0.2, 0.25) is 0 Å². The van der Waals surface area contributed by atoms with E-state index in [9.17, 15) is 4.79 Å². The van der Waals surface area contributed by atoms with E-state index in [4.69, 9.17) is 4.74 Å². The second-order valence-corrected chi connectivity index (χ2v) is 10.4. The van der Waals surface area contributed by atoms with Crippen molar-refractivity contribution in [3.63, 3.8) is 0 Å². The minimum Gasteiger partial charge on any atom is -0.459 e. The fraction of sp³-hybridized carbons (Fsp3) is 0.367. The van der Waals surface area contributed by atoms with Crippen LogP contribution in [0.3, 0.4) is 0 Å². The minimum atomic E-state index is -0.526. The summed E-state index contributed by atoms with van der Waals surface area (Å²) in [6.07, 6.45) is -0.0989. The lowest BCUT2D eigenvalue weighted by atomic mass is 9.93. The Morgan fingerprint density at radius 1 is 0.771 bits per heavy atom. The molecule has 0 aliphatic carbocycles. The predicted molar refractivity (Wildman–Crippen MR) is 140 cm³/mol. The van der Waals surface area contributed by atoms with Gasteiger partial charge in [0.05, 0.1) is 18.6 Å². The Kier molecular flexibility index (Phi) is 7.70. The number of rotatable bonds is 7. The van der Waals surface area contributed by atoms with E-state index in [1.807, 2.05) is 39.0 Å². The molecule has 5 heteroatoms. The molecule has 1 aliphatic rings. The van der Waals surface area contributed by atoms with E-state index in [2.05, 4.69) is 102 Å². The van der Waals surface area contributed by atoms with Crippen LogP contribution >= 0.6 is 0 Å². The van der Waals surface area contributed by atoms with E-state index in [1.165, 1.54) is 11.1 Å². The van der Waals surface area contributed by atoms with Gasteiger partial charge in [-0.3, -0.25) is 19.5 Å². The summed E-state index contributed by atoms with van der Waals surface area (Å²) in [6.45, 7) is 6.59. The number of esters is 1. The van der Waals surface area contributed by atoms with Crippen LogP contribution in [0.15, 0.2) is 91.0 Å². The Labute approximate surface area is 209 Å². The molecule has 0 N–H and O–H groups in total. The van der Waals surface area contributed by atoms with Crippen molar-refractivity contribution in [2.45, 2.75) is 51.3 Å². The minimum absolute atomic E-state index is 0.0989. The van der Waals surface area contributed by atoms with Crippen LogP contribution in [0.4, 0.5) is 0 Å². The molecule has 0 aromatic heterocycles. The fourth-order valence-corrected chi connectivity index (χ4v) is 5.25. The van der Waals surface area contributed by atoms with Gasteiger partial charge in [0.1, 0.15) is 11.9 Å². The number of hydrogen-bond acceptors (Lipinski definition) is 5. The quantitative estimate of drug-likeness (QED) is 0.427. The average Bonchev–Trinajstić information content (AvgIpc) is 3.09. The van der Waals surface area contributed by atoms with Gasteiger partial charge in [-0.15, -0.1) is 0 Å². The van der Waals surface area contributed by atoms with E-state index in [-0.39, 0.29) is 30.9 Å².